The van der Waals surface area contributed by atoms with E-state index in [9.17, 15) is 26.6 Å². The molecule has 36 heavy (non-hydrogen) atoms. The number of rotatable bonds is 6. The Balaban J connectivity index is 1.53. The number of carbonyl (C=O) groups is 1. The molecule has 0 fully saturated rings. The van der Waals surface area contributed by atoms with E-state index >= 15 is 0 Å². The van der Waals surface area contributed by atoms with E-state index in [1.165, 1.54) is 22.9 Å². The van der Waals surface area contributed by atoms with Crippen molar-refractivity contribution in [2.24, 2.45) is 13.0 Å². The lowest BCUT2D eigenvalue weighted by Crippen LogP contribution is -2.37. The van der Waals surface area contributed by atoms with Crippen molar-refractivity contribution in [2.45, 2.75) is 43.5 Å². The number of benzene rings is 2. The van der Waals surface area contributed by atoms with E-state index in [0.717, 1.165) is 5.56 Å². The first-order valence-corrected chi connectivity index (χ1v) is 13.0. The van der Waals surface area contributed by atoms with Gasteiger partial charge in [-0.25, -0.2) is 31.3 Å². The summed E-state index contributed by atoms with van der Waals surface area (Å²) < 4.78 is 79.9. The van der Waals surface area contributed by atoms with Crippen LogP contribution in [0.3, 0.4) is 0 Å². The maximum atomic E-state index is 13.6. The Labute approximate surface area is 206 Å². The molecule has 2 unspecified atom stereocenters. The highest BCUT2D eigenvalue weighted by molar-refractivity contribution is 7.90. The van der Waals surface area contributed by atoms with Crippen LogP contribution < -0.4 is 10.0 Å². The molecule has 1 amide bonds. The van der Waals surface area contributed by atoms with E-state index in [1.807, 2.05) is 6.92 Å². The minimum absolute atomic E-state index is 0.0291. The molecule has 3 aromatic rings. The average molecular weight is 523 g/mol. The van der Waals surface area contributed by atoms with E-state index in [4.69, 9.17) is 4.78 Å². The number of aromatic nitrogens is 1. The van der Waals surface area contributed by atoms with Crippen LogP contribution in [0.5, 0.6) is 0 Å². The van der Waals surface area contributed by atoms with Crippen LogP contribution in [0.1, 0.15) is 41.4 Å². The lowest BCUT2D eigenvalue weighted by Gasteiger charge is -2.24. The van der Waals surface area contributed by atoms with Crippen LogP contribution in [0, 0.1) is 34.0 Å². The molecule has 3 atom stereocenters. The highest BCUT2D eigenvalue weighted by atomic mass is 32.2. The van der Waals surface area contributed by atoms with E-state index in [-0.39, 0.29) is 34.1 Å². The number of hydrogen-bond acceptors (Lipinski definition) is 3. The third kappa shape index (κ3) is 5.31. The largest absolute Gasteiger partial charge is 0.345 e. The van der Waals surface area contributed by atoms with Crippen molar-refractivity contribution < 1.29 is 26.6 Å². The standard InChI is InChI=1S/C25H26F4N4O2S/c1-14(3-4-15-5-7-16(26)8-6-15)21-10-9-18-22(36(30,35)32-21)13-33(2)24(18)25(34)31-17-11-19(27)23(29)20(28)12-17/h5-8,11-14,21H,3-4,9-10H2,1-2H3,(H,31,34)(H2,30,32,35)/t14-,21?,36?/m0/s1. The van der Waals surface area contributed by atoms with Gasteiger partial charge in [0.2, 0.25) is 0 Å². The van der Waals surface area contributed by atoms with Gasteiger partial charge >= 0.3 is 0 Å². The van der Waals surface area contributed by atoms with Crippen molar-refractivity contribution >= 4 is 21.5 Å². The molecule has 0 saturated heterocycles. The summed E-state index contributed by atoms with van der Waals surface area (Å²) in [6.45, 7) is 1.98. The van der Waals surface area contributed by atoms with Crippen LogP contribution in [0.2, 0.25) is 0 Å². The van der Waals surface area contributed by atoms with Gasteiger partial charge in [0, 0.05) is 42.7 Å². The molecule has 2 heterocycles. The van der Waals surface area contributed by atoms with Crippen molar-refractivity contribution in [3.63, 3.8) is 0 Å². The fraction of sp³-hybridized carbons (Fsp3) is 0.320. The smallest absolute Gasteiger partial charge is 0.272 e. The molecule has 0 radical (unpaired) electrons. The number of hydrogen-bond donors (Lipinski definition) is 3. The second kappa shape index (κ2) is 10.1. The highest BCUT2D eigenvalue weighted by Gasteiger charge is 2.32. The van der Waals surface area contributed by atoms with Crippen molar-refractivity contribution in [3.05, 3.63) is 82.7 Å². The first-order valence-electron chi connectivity index (χ1n) is 11.4. The molecule has 0 spiro atoms. The Morgan fingerprint density at radius 2 is 1.83 bits per heavy atom. The number of carbonyl (C=O) groups excluding carboxylic acids is 1. The molecule has 0 saturated carbocycles. The zero-order chi connectivity index (χ0) is 26.2. The number of nitrogens with one attached hydrogen (secondary N) is 3. The van der Waals surface area contributed by atoms with Gasteiger partial charge in [0.05, 0.1) is 4.90 Å². The first-order chi connectivity index (χ1) is 17.0. The van der Waals surface area contributed by atoms with E-state index in [2.05, 4.69) is 10.0 Å². The molecule has 0 aliphatic carbocycles. The molecule has 6 nitrogen and oxygen atoms in total. The van der Waals surface area contributed by atoms with Gasteiger partial charge in [-0.05, 0) is 49.3 Å². The molecular formula is C25H26F4N4O2S. The Bertz CT molecular complexity index is 1380. The van der Waals surface area contributed by atoms with Gasteiger partial charge in [-0.1, -0.05) is 19.1 Å². The molecule has 2 aromatic carbocycles. The van der Waals surface area contributed by atoms with Crippen molar-refractivity contribution in [2.75, 3.05) is 5.32 Å². The van der Waals surface area contributed by atoms with Gasteiger partial charge < -0.3 is 9.88 Å². The fourth-order valence-corrected chi connectivity index (χ4v) is 6.29. The predicted molar refractivity (Wildman–Crippen MR) is 128 cm³/mol. The number of amides is 1. The van der Waals surface area contributed by atoms with Crippen LogP contribution in [0.15, 0.2) is 47.5 Å². The van der Waals surface area contributed by atoms with Crippen LogP contribution >= 0.6 is 0 Å². The summed E-state index contributed by atoms with van der Waals surface area (Å²) in [7, 11) is -1.91. The van der Waals surface area contributed by atoms with Gasteiger partial charge in [-0.15, -0.1) is 0 Å². The number of fused-ring (bicyclic) bond motifs is 1. The third-order valence-electron chi connectivity index (χ3n) is 6.52. The van der Waals surface area contributed by atoms with Crippen molar-refractivity contribution in [1.29, 1.82) is 4.78 Å². The lowest BCUT2D eigenvalue weighted by atomic mass is 9.91. The topological polar surface area (TPSA) is 87.0 Å². The Hall–Kier alpha value is -3.18. The number of anilines is 1. The molecule has 1 aliphatic heterocycles. The molecule has 11 heteroatoms. The highest BCUT2D eigenvalue weighted by Crippen LogP contribution is 2.31. The van der Waals surface area contributed by atoms with Crippen LogP contribution in [-0.2, 0) is 29.8 Å². The maximum Gasteiger partial charge on any atom is 0.272 e. The number of halogens is 4. The van der Waals surface area contributed by atoms with Crippen LogP contribution in [0.4, 0.5) is 23.2 Å². The number of aryl methyl sites for hydroxylation is 2. The minimum Gasteiger partial charge on any atom is -0.345 e. The molecule has 192 valence electrons. The quantitative estimate of drug-likeness (QED) is 0.302. The molecule has 1 aromatic heterocycles. The van der Waals surface area contributed by atoms with E-state index in [0.29, 0.717) is 43.4 Å². The second-order valence-corrected chi connectivity index (χ2v) is 10.9. The maximum absolute atomic E-state index is 13.6. The summed E-state index contributed by atoms with van der Waals surface area (Å²) >= 11 is 0. The molecule has 4 rings (SSSR count). The summed E-state index contributed by atoms with van der Waals surface area (Å²) in [5.74, 6) is -5.51. The first kappa shape index (κ1) is 25.9. The van der Waals surface area contributed by atoms with Gasteiger partial charge in [0.1, 0.15) is 21.4 Å². The zero-order valence-electron chi connectivity index (χ0n) is 19.7. The number of nitrogens with zero attached hydrogens (tertiary/aromatic N) is 1. The SMILES string of the molecule is C[C@@H](CCc1ccc(F)cc1)C1CCc2c(cn(C)c2C(=O)Nc2cc(F)c(F)c(F)c2)S(=N)(=O)N1. The van der Waals surface area contributed by atoms with Gasteiger partial charge in [-0.3, -0.25) is 4.79 Å². The van der Waals surface area contributed by atoms with Gasteiger partial charge in [0.25, 0.3) is 5.91 Å². The lowest BCUT2D eigenvalue weighted by molar-refractivity contribution is 0.101. The Morgan fingerprint density at radius 1 is 1.19 bits per heavy atom. The van der Waals surface area contributed by atoms with Crippen molar-refractivity contribution in [3.8, 4) is 0 Å². The monoisotopic (exact) mass is 522 g/mol. The summed E-state index contributed by atoms with van der Waals surface area (Å²) in [5, 5.41) is 2.36. The fourth-order valence-electron chi connectivity index (χ4n) is 4.54. The summed E-state index contributed by atoms with van der Waals surface area (Å²) in [6, 6.07) is 7.31. The molecule has 0 bridgehead atoms. The summed E-state index contributed by atoms with van der Waals surface area (Å²) in [4.78, 5) is 13.2. The normalized spacial score (nSPS) is 20.4. The second-order valence-electron chi connectivity index (χ2n) is 9.10. The molecular weight excluding hydrogens is 496 g/mol. The third-order valence-corrected chi connectivity index (χ3v) is 8.13. The minimum atomic E-state index is -3.46. The van der Waals surface area contributed by atoms with Gasteiger partial charge in [0.15, 0.2) is 17.5 Å². The van der Waals surface area contributed by atoms with Crippen molar-refractivity contribution in [1.82, 2.24) is 9.29 Å². The molecule has 3 N–H and O–H groups in total. The average Bonchev–Trinajstić information content (AvgIpc) is 3.10. The Kier molecular flexibility index (Phi) is 7.24. The van der Waals surface area contributed by atoms with E-state index in [1.54, 1.807) is 19.2 Å². The summed E-state index contributed by atoms with van der Waals surface area (Å²) in [5.41, 5.74) is 1.23. The summed E-state index contributed by atoms with van der Waals surface area (Å²) in [6.07, 6.45) is 3.69. The zero-order valence-corrected chi connectivity index (χ0v) is 20.5. The predicted octanol–water partition coefficient (Wildman–Crippen LogP) is 5.33. The molecule has 1 aliphatic rings. The van der Waals surface area contributed by atoms with E-state index < -0.39 is 33.3 Å². The van der Waals surface area contributed by atoms with Gasteiger partial charge in [-0.2, -0.15) is 0 Å². The van der Waals surface area contributed by atoms with Crippen LogP contribution in [0.25, 0.3) is 0 Å². The van der Waals surface area contributed by atoms with Crippen LogP contribution in [-0.4, -0.2) is 20.7 Å². The Morgan fingerprint density at radius 3 is 2.47 bits per heavy atom.